The highest BCUT2D eigenvalue weighted by atomic mass is 79.9. The van der Waals surface area contributed by atoms with Gasteiger partial charge < -0.3 is 5.32 Å². The molecule has 17 heavy (non-hydrogen) atoms. The van der Waals surface area contributed by atoms with Crippen molar-refractivity contribution < 1.29 is 0 Å². The van der Waals surface area contributed by atoms with Gasteiger partial charge in [0.1, 0.15) is 0 Å². The molecule has 0 fully saturated rings. The average Bonchev–Trinajstić information content (AvgIpc) is 2.76. The van der Waals surface area contributed by atoms with Gasteiger partial charge in [0.2, 0.25) is 0 Å². The fourth-order valence-electron chi connectivity index (χ4n) is 1.84. The molecule has 1 aromatic heterocycles. The van der Waals surface area contributed by atoms with Gasteiger partial charge in [0.15, 0.2) is 0 Å². The third-order valence-electron chi connectivity index (χ3n) is 2.87. The van der Waals surface area contributed by atoms with Crippen LogP contribution in [-0.2, 0) is 19.5 Å². The molecule has 1 rings (SSSR count). The Morgan fingerprint density at radius 1 is 1.29 bits per heavy atom. The van der Waals surface area contributed by atoms with E-state index in [4.69, 9.17) is 0 Å². The molecule has 98 valence electrons. The van der Waals surface area contributed by atoms with Crippen LogP contribution in [0.2, 0.25) is 0 Å². The molecule has 0 aliphatic rings. The van der Waals surface area contributed by atoms with Crippen molar-refractivity contribution in [2.45, 2.75) is 52.6 Å². The Hall–Kier alpha value is -0.350. The van der Waals surface area contributed by atoms with Crippen molar-refractivity contribution in [2.24, 2.45) is 0 Å². The first-order valence-electron chi connectivity index (χ1n) is 6.64. The van der Waals surface area contributed by atoms with Crippen molar-refractivity contribution in [3.05, 3.63) is 17.5 Å². The van der Waals surface area contributed by atoms with Crippen LogP contribution in [0.15, 0.2) is 6.07 Å². The number of nitrogens with zero attached hydrogens (tertiary/aromatic N) is 2. The van der Waals surface area contributed by atoms with E-state index in [2.05, 4.69) is 50.9 Å². The fraction of sp³-hybridized carbons (Fsp3) is 0.769. The second kappa shape index (κ2) is 8.70. The summed E-state index contributed by atoms with van der Waals surface area (Å²) in [6.07, 6.45) is 4.85. The van der Waals surface area contributed by atoms with Gasteiger partial charge in [-0.05, 0) is 38.8 Å². The van der Waals surface area contributed by atoms with Crippen LogP contribution in [0.5, 0.6) is 0 Å². The third kappa shape index (κ3) is 5.21. The molecule has 0 aliphatic heterocycles. The summed E-state index contributed by atoms with van der Waals surface area (Å²) in [5, 5.41) is 9.16. The summed E-state index contributed by atoms with van der Waals surface area (Å²) in [7, 11) is 0. The lowest BCUT2D eigenvalue weighted by molar-refractivity contribution is 0.562. The Morgan fingerprint density at radius 3 is 2.76 bits per heavy atom. The maximum Gasteiger partial charge on any atom is 0.0625 e. The summed E-state index contributed by atoms with van der Waals surface area (Å²) < 4.78 is 2.10. The SMILES string of the molecule is CCc1cc(CNCCCCCBr)n(CC)n1. The average molecular weight is 302 g/mol. The van der Waals surface area contributed by atoms with Gasteiger partial charge in [-0.3, -0.25) is 4.68 Å². The molecular weight excluding hydrogens is 278 g/mol. The van der Waals surface area contributed by atoms with Gasteiger partial charge in [-0.25, -0.2) is 0 Å². The Bertz CT molecular complexity index is 310. The highest BCUT2D eigenvalue weighted by Crippen LogP contribution is 2.05. The standard InChI is InChI=1S/C13H24BrN3/c1-3-12-10-13(17(4-2)16-12)11-15-9-7-5-6-8-14/h10,15H,3-9,11H2,1-2H3. The molecule has 0 aliphatic carbocycles. The maximum atomic E-state index is 4.55. The van der Waals surface area contributed by atoms with Crippen LogP contribution in [0.3, 0.4) is 0 Å². The number of aryl methyl sites for hydroxylation is 2. The van der Waals surface area contributed by atoms with Gasteiger partial charge >= 0.3 is 0 Å². The van der Waals surface area contributed by atoms with E-state index in [-0.39, 0.29) is 0 Å². The molecule has 3 nitrogen and oxygen atoms in total. The minimum absolute atomic E-state index is 0.940. The van der Waals surface area contributed by atoms with Crippen LogP contribution in [-0.4, -0.2) is 21.7 Å². The molecule has 0 bridgehead atoms. The fourth-order valence-corrected chi connectivity index (χ4v) is 2.24. The molecule has 1 aromatic rings. The van der Waals surface area contributed by atoms with Crippen LogP contribution in [0, 0.1) is 0 Å². The molecule has 0 radical (unpaired) electrons. The molecule has 0 unspecified atom stereocenters. The predicted octanol–water partition coefficient (Wildman–Crippen LogP) is 3.12. The van der Waals surface area contributed by atoms with Gasteiger partial charge in [-0.1, -0.05) is 29.3 Å². The molecule has 1 heterocycles. The number of hydrogen-bond donors (Lipinski definition) is 1. The summed E-state index contributed by atoms with van der Waals surface area (Å²) in [6, 6.07) is 2.22. The number of aromatic nitrogens is 2. The number of alkyl halides is 1. The minimum Gasteiger partial charge on any atom is -0.311 e. The Morgan fingerprint density at radius 2 is 2.12 bits per heavy atom. The molecule has 1 N–H and O–H groups in total. The van der Waals surface area contributed by atoms with Crippen LogP contribution in [0.25, 0.3) is 0 Å². The van der Waals surface area contributed by atoms with E-state index in [1.54, 1.807) is 0 Å². The zero-order valence-corrected chi connectivity index (χ0v) is 12.6. The molecule has 0 spiro atoms. The van der Waals surface area contributed by atoms with Crippen LogP contribution in [0.4, 0.5) is 0 Å². The van der Waals surface area contributed by atoms with E-state index < -0.39 is 0 Å². The Labute approximate surface area is 113 Å². The van der Waals surface area contributed by atoms with E-state index >= 15 is 0 Å². The zero-order chi connectivity index (χ0) is 12.5. The van der Waals surface area contributed by atoms with Crippen molar-refractivity contribution >= 4 is 15.9 Å². The van der Waals surface area contributed by atoms with E-state index in [1.165, 1.54) is 30.7 Å². The number of unbranched alkanes of at least 4 members (excludes halogenated alkanes) is 2. The van der Waals surface area contributed by atoms with Gasteiger partial charge in [0.25, 0.3) is 0 Å². The van der Waals surface area contributed by atoms with E-state index in [0.717, 1.165) is 31.4 Å². The lowest BCUT2D eigenvalue weighted by atomic mass is 10.2. The minimum atomic E-state index is 0.940. The Kier molecular flexibility index (Phi) is 7.53. The molecule has 0 amide bonds. The smallest absolute Gasteiger partial charge is 0.0625 e. The van der Waals surface area contributed by atoms with Crippen molar-refractivity contribution in [3.63, 3.8) is 0 Å². The number of halogens is 1. The van der Waals surface area contributed by atoms with E-state index in [0.29, 0.717) is 0 Å². The predicted molar refractivity (Wildman–Crippen MR) is 76.6 cm³/mol. The normalized spacial score (nSPS) is 11.0. The third-order valence-corrected chi connectivity index (χ3v) is 3.43. The van der Waals surface area contributed by atoms with Crippen molar-refractivity contribution in [1.29, 1.82) is 0 Å². The van der Waals surface area contributed by atoms with Gasteiger partial charge in [-0.2, -0.15) is 5.10 Å². The van der Waals surface area contributed by atoms with Crippen LogP contribution < -0.4 is 5.32 Å². The van der Waals surface area contributed by atoms with Gasteiger partial charge in [-0.15, -0.1) is 0 Å². The molecular formula is C13H24BrN3. The van der Waals surface area contributed by atoms with Crippen molar-refractivity contribution in [3.8, 4) is 0 Å². The van der Waals surface area contributed by atoms with Crippen LogP contribution in [0.1, 0.15) is 44.5 Å². The van der Waals surface area contributed by atoms with Gasteiger partial charge in [0.05, 0.1) is 11.4 Å². The quantitative estimate of drug-likeness (QED) is 0.561. The Balaban J connectivity index is 2.28. The summed E-state index contributed by atoms with van der Waals surface area (Å²) in [5.74, 6) is 0. The molecule has 0 saturated carbocycles. The molecule has 0 aromatic carbocycles. The monoisotopic (exact) mass is 301 g/mol. The number of rotatable bonds is 9. The highest BCUT2D eigenvalue weighted by Gasteiger charge is 2.04. The van der Waals surface area contributed by atoms with Gasteiger partial charge in [0, 0.05) is 18.4 Å². The van der Waals surface area contributed by atoms with Crippen LogP contribution >= 0.6 is 15.9 Å². The summed E-state index contributed by atoms with van der Waals surface area (Å²) in [5.41, 5.74) is 2.51. The second-order valence-electron chi connectivity index (χ2n) is 4.22. The number of nitrogens with one attached hydrogen (secondary N) is 1. The zero-order valence-electron chi connectivity index (χ0n) is 11.0. The lowest BCUT2D eigenvalue weighted by Crippen LogP contribution is -2.17. The van der Waals surface area contributed by atoms with Crippen molar-refractivity contribution in [1.82, 2.24) is 15.1 Å². The summed E-state index contributed by atoms with van der Waals surface area (Å²) in [4.78, 5) is 0. The largest absolute Gasteiger partial charge is 0.311 e. The summed E-state index contributed by atoms with van der Waals surface area (Å²) >= 11 is 3.45. The topological polar surface area (TPSA) is 29.9 Å². The van der Waals surface area contributed by atoms with E-state index in [1.807, 2.05) is 0 Å². The first kappa shape index (κ1) is 14.7. The first-order valence-corrected chi connectivity index (χ1v) is 7.76. The summed E-state index contributed by atoms with van der Waals surface area (Å²) in [6.45, 7) is 7.30. The van der Waals surface area contributed by atoms with E-state index in [9.17, 15) is 0 Å². The first-order chi connectivity index (χ1) is 8.31. The molecule has 0 atom stereocenters. The molecule has 0 saturated heterocycles. The number of hydrogen-bond acceptors (Lipinski definition) is 2. The second-order valence-corrected chi connectivity index (χ2v) is 5.02. The lowest BCUT2D eigenvalue weighted by Gasteiger charge is -2.06. The maximum absolute atomic E-state index is 4.55. The highest BCUT2D eigenvalue weighted by molar-refractivity contribution is 9.09. The van der Waals surface area contributed by atoms with Crippen molar-refractivity contribution in [2.75, 3.05) is 11.9 Å². The molecule has 4 heteroatoms.